The minimum atomic E-state index is -2.48. The van der Waals surface area contributed by atoms with E-state index >= 15 is 0 Å². The van der Waals surface area contributed by atoms with Gasteiger partial charge in [0.1, 0.15) is 5.75 Å². The third-order valence-corrected chi connectivity index (χ3v) is 5.04. The zero-order valence-electron chi connectivity index (χ0n) is 12.5. The number of halogens is 2. The number of alkyl halides is 2. The molecule has 0 aliphatic rings. The smallest absolute Gasteiger partial charge is 0.267 e. The topological polar surface area (TPSA) is 9.23 Å². The number of benzene rings is 1. The van der Waals surface area contributed by atoms with Gasteiger partial charge in [-0.3, -0.25) is 0 Å². The van der Waals surface area contributed by atoms with E-state index in [2.05, 4.69) is 19.6 Å². The molecule has 0 aromatic heterocycles. The van der Waals surface area contributed by atoms with E-state index in [9.17, 15) is 8.78 Å². The molecule has 0 spiro atoms. The third-order valence-electron chi connectivity index (χ3n) is 3.19. The summed E-state index contributed by atoms with van der Waals surface area (Å²) < 4.78 is 31.5. The summed E-state index contributed by atoms with van der Waals surface area (Å²) in [6.45, 7) is 11.2. The second-order valence-electron chi connectivity index (χ2n) is 6.29. The average Bonchev–Trinajstić information content (AvgIpc) is 2.27. The van der Waals surface area contributed by atoms with E-state index in [0.29, 0.717) is 12.4 Å². The van der Waals surface area contributed by atoms with Crippen molar-refractivity contribution >= 4 is 8.07 Å². The maximum Gasteiger partial charge on any atom is 0.267 e. The number of hydrogen-bond donors (Lipinski definition) is 0. The van der Waals surface area contributed by atoms with Crippen LogP contribution < -0.4 is 4.74 Å². The quantitative estimate of drug-likeness (QED) is 0.506. The highest BCUT2D eigenvalue weighted by molar-refractivity contribution is 6.76. The SMILES string of the molecule is Cc1cc(OCCC[Si](C)(C)C)c(C(F)F)cc1C. The van der Waals surface area contributed by atoms with E-state index in [4.69, 9.17) is 4.74 Å². The van der Waals surface area contributed by atoms with E-state index in [0.717, 1.165) is 23.6 Å². The Hall–Kier alpha value is -0.903. The molecule has 0 bridgehead atoms. The van der Waals surface area contributed by atoms with Crippen LogP contribution in [0.5, 0.6) is 5.75 Å². The maximum absolute atomic E-state index is 13.0. The fraction of sp³-hybridized carbons (Fsp3) is 0.600. The van der Waals surface area contributed by atoms with Crippen molar-refractivity contribution in [3.8, 4) is 5.75 Å². The first-order valence-corrected chi connectivity index (χ1v) is 10.4. The van der Waals surface area contributed by atoms with Crippen LogP contribution in [-0.2, 0) is 0 Å². The number of aryl methyl sites for hydroxylation is 2. The van der Waals surface area contributed by atoms with Gasteiger partial charge in [0.05, 0.1) is 12.2 Å². The lowest BCUT2D eigenvalue weighted by Gasteiger charge is -2.17. The van der Waals surface area contributed by atoms with Crippen molar-refractivity contribution in [2.75, 3.05) is 6.61 Å². The van der Waals surface area contributed by atoms with E-state index in [1.165, 1.54) is 6.07 Å². The van der Waals surface area contributed by atoms with E-state index < -0.39 is 14.5 Å². The number of ether oxygens (including phenoxy) is 1. The van der Waals surface area contributed by atoms with Crippen LogP contribution in [-0.4, -0.2) is 14.7 Å². The fourth-order valence-electron chi connectivity index (χ4n) is 1.89. The van der Waals surface area contributed by atoms with Crippen molar-refractivity contribution in [3.05, 3.63) is 28.8 Å². The minimum absolute atomic E-state index is 0.0103. The van der Waals surface area contributed by atoms with Crippen molar-refractivity contribution < 1.29 is 13.5 Å². The molecule has 0 aliphatic carbocycles. The zero-order chi connectivity index (χ0) is 14.6. The van der Waals surface area contributed by atoms with Crippen molar-refractivity contribution in [2.45, 2.75) is 52.4 Å². The zero-order valence-corrected chi connectivity index (χ0v) is 13.5. The van der Waals surface area contributed by atoms with Gasteiger partial charge in [0, 0.05) is 8.07 Å². The van der Waals surface area contributed by atoms with Crippen LogP contribution in [0, 0.1) is 13.8 Å². The predicted octanol–water partition coefficient (Wildman–Crippen LogP) is 5.35. The molecule has 1 aromatic rings. The van der Waals surface area contributed by atoms with E-state index in [1.807, 2.05) is 13.8 Å². The van der Waals surface area contributed by atoms with Crippen LogP contribution in [0.3, 0.4) is 0 Å². The summed E-state index contributed by atoms with van der Waals surface area (Å²) in [7, 11) is -1.08. The van der Waals surface area contributed by atoms with Crippen molar-refractivity contribution in [2.24, 2.45) is 0 Å². The highest BCUT2D eigenvalue weighted by atomic mass is 28.3. The van der Waals surface area contributed by atoms with Gasteiger partial charge in [-0.05, 0) is 43.5 Å². The van der Waals surface area contributed by atoms with Crippen molar-refractivity contribution in [3.63, 3.8) is 0 Å². The molecule has 0 atom stereocenters. The van der Waals surface area contributed by atoms with Crippen molar-refractivity contribution in [1.82, 2.24) is 0 Å². The first-order valence-electron chi connectivity index (χ1n) is 6.73. The molecule has 0 saturated heterocycles. The summed E-state index contributed by atoms with van der Waals surface area (Å²) in [4.78, 5) is 0. The van der Waals surface area contributed by atoms with Gasteiger partial charge < -0.3 is 4.74 Å². The Morgan fingerprint density at radius 1 is 1.11 bits per heavy atom. The maximum atomic E-state index is 13.0. The lowest BCUT2D eigenvalue weighted by molar-refractivity contribution is 0.145. The van der Waals surface area contributed by atoms with Crippen LogP contribution in [0.1, 0.15) is 29.5 Å². The summed E-state index contributed by atoms with van der Waals surface area (Å²) in [5.74, 6) is 0.341. The van der Waals surface area contributed by atoms with E-state index in [-0.39, 0.29) is 5.56 Å². The Labute approximate surface area is 116 Å². The second kappa shape index (κ2) is 6.50. The molecule has 19 heavy (non-hydrogen) atoms. The predicted molar refractivity (Wildman–Crippen MR) is 79.1 cm³/mol. The number of hydrogen-bond acceptors (Lipinski definition) is 1. The Bertz CT molecular complexity index is 425. The molecule has 0 unspecified atom stereocenters. The first-order chi connectivity index (χ1) is 8.70. The molecular weight excluding hydrogens is 262 g/mol. The monoisotopic (exact) mass is 286 g/mol. The number of rotatable bonds is 6. The largest absolute Gasteiger partial charge is 0.493 e. The Kier molecular flexibility index (Phi) is 5.53. The molecule has 1 nitrogen and oxygen atoms in total. The third kappa shape index (κ3) is 5.31. The van der Waals surface area contributed by atoms with Gasteiger partial charge in [-0.25, -0.2) is 8.78 Å². The van der Waals surface area contributed by atoms with E-state index in [1.54, 1.807) is 6.07 Å². The van der Waals surface area contributed by atoms with Gasteiger partial charge in [0.15, 0.2) is 0 Å². The second-order valence-corrected chi connectivity index (χ2v) is 11.9. The Morgan fingerprint density at radius 2 is 1.68 bits per heavy atom. The summed E-state index contributed by atoms with van der Waals surface area (Å²) in [6.07, 6.45) is -1.54. The Morgan fingerprint density at radius 3 is 2.21 bits per heavy atom. The van der Waals surface area contributed by atoms with Crippen LogP contribution in [0.15, 0.2) is 12.1 Å². The highest BCUT2D eigenvalue weighted by Gasteiger charge is 2.16. The molecule has 0 saturated carbocycles. The standard InChI is InChI=1S/C15H24F2OSi/c1-11-9-13(15(16)17)14(10-12(11)2)18-7-6-8-19(3,4)5/h9-10,15H,6-8H2,1-5H3. The van der Waals surface area contributed by atoms with Crippen LogP contribution in [0.2, 0.25) is 25.7 Å². The summed E-state index contributed by atoms with van der Waals surface area (Å²) in [5, 5.41) is 0. The molecule has 0 amide bonds. The molecule has 108 valence electrons. The lowest BCUT2D eigenvalue weighted by Crippen LogP contribution is -2.20. The van der Waals surface area contributed by atoms with Crippen molar-refractivity contribution in [1.29, 1.82) is 0 Å². The summed E-state index contributed by atoms with van der Waals surface area (Å²) in [6, 6.07) is 4.42. The average molecular weight is 286 g/mol. The van der Waals surface area contributed by atoms with Gasteiger partial charge >= 0.3 is 0 Å². The molecule has 1 aromatic carbocycles. The van der Waals surface area contributed by atoms with Crippen LogP contribution >= 0.6 is 0 Å². The van der Waals surface area contributed by atoms with Gasteiger partial charge in [-0.15, -0.1) is 0 Å². The molecule has 0 radical (unpaired) electrons. The van der Waals surface area contributed by atoms with Gasteiger partial charge in [-0.1, -0.05) is 25.7 Å². The molecule has 0 N–H and O–H groups in total. The van der Waals surface area contributed by atoms with Gasteiger partial charge in [-0.2, -0.15) is 0 Å². The molecular formula is C15H24F2OSi. The summed E-state index contributed by atoms with van der Waals surface area (Å²) in [5.41, 5.74) is 1.88. The minimum Gasteiger partial charge on any atom is -0.493 e. The van der Waals surface area contributed by atoms with Gasteiger partial charge in [0.2, 0.25) is 0 Å². The molecule has 0 fully saturated rings. The Balaban J connectivity index is 2.69. The highest BCUT2D eigenvalue weighted by Crippen LogP contribution is 2.31. The first kappa shape index (κ1) is 16.2. The van der Waals surface area contributed by atoms with Crippen LogP contribution in [0.4, 0.5) is 8.78 Å². The normalized spacial score (nSPS) is 12.0. The molecule has 0 aliphatic heterocycles. The van der Waals surface area contributed by atoms with Crippen LogP contribution in [0.25, 0.3) is 0 Å². The summed E-state index contributed by atoms with van der Waals surface area (Å²) >= 11 is 0. The lowest BCUT2D eigenvalue weighted by atomic mass is 10.1. The molecule has 0 heterocycles. The fourth-order valence-corrected chi connectivity index (χ4v) is 3.10. The molecule has 1 rings (SSSR count). The molecule has 4 heteroatoms. The van der Waals surface area contributed by atoms with Gasteiger partial charge in [0.25, 0.3) is 6.43 Å².